The lowest BCUT2D eigenvalue weighted by Gasteiger charge is -2.12. The SMILES string of the molecule is Cc1nc2nc(-c3cccnc3)nn2c(C)c1CC(=O)NC(C)C. The molecule has 3 aromatic heterocycles. The Kier molecular flexibility index (Phi) is 4.24. The van der Waals surface area contributed by atoms with Crippen molar-refractivity contribution in [2.24, 2.45) is 0 Å². The minimum Gasteiger partial charge on any atom is -0.354 e. The maximum atomic E-state index is 12.1. The van der Waals surface area contributed by atoms with Gasteiger partial charge in [0.1, 0.15) is 0 Å². The van der Waals surface area contributed by atoms with Gasteiger partial charge in [0.25, 0.3) is 5.78 Å². The molecule has 0 aromatic carbocycles. The average Bonchev–Trinajstić information content (AvgIpc) is 2.95. The number of aryl methyl sites for hydroxylation is 2. The number of amides is 1. The lowest BCUT2D eigenvalue weighted by molar-refractivity contribution is -0.120. The Bertz CT molecular complexity index is 885. The van der Waals surface area contributed by atoms with E-state index in [1.165, 1.54) is 0 Å². The topological polar surface area (TPSA) is 85.1 Å². The van der Waals surface area contributed by atoms with E-state index in [4.69, 9.17) is 0 Å². The van der Waals surface area contributed by atoms with Gasteiger partial charge < -0.3 is 5.32 Å². The number of nitrogens with zero attached hydrogens (tertiary/aromatic N) is 5. The van der Waals surface area contributed by atoms with Gasteiger partial charge in [-0.25, -0.2) is 9.50 Å². The average molecular weight is 324 g/mol. The smallest absolute Gasteiger partial charge is 0.253 e. The molecule has 124 valence electrons. The Labute approximate surface area is 140 Å². The lowest BCUT2D eigenvalue weighted by atomic mass is 10.1. The van der Waals surface area contributed by atoms with E-state index in [9.17, 15) is 4.79 Å². The summed E-state index contributed by atoms with van der Waals surface area (Å²) in [6.07, 6.45) is 3.70. The third kappa shape index (κ3) is 3.10. The van der Waals surface area contributed by atoms with Crippen molar-refractivity contribution in [3.63, 3.8) is 0 Å². The molecule has 1 amide bonds. The molecule has 0 unspecified atom stereocenters. The van der Waals surface area contributed by atoms with Crippen LogP contribution >= 0.6 is 0 Å². The number of fused-ring (bicyclic) bond motifs is 1. The fourth-order valence-electron chi connectivity index (χ4n) is 2.62. The van der Waals surface area contributed by atoms with Crippen molar-refractivity contribution in [2.45, 2.75) is 40.2 Å². The molecular formula is C17H20N6O. The molecule has 7 heteroatoms. The summed E-state index contributed by atoms with van der Waals surface area (Å²) in [5.41, 5.74) is 3.38. The quantitative estimate of drug-likeness (QED) is 0.792. The first-order valence-electron chi connectivity index (χ1n) is 7.88. The predicted octanol–water partition coefficient (Wildman–Crippen LogP) is 1.87. The lowest BCUT2D eigenvalue weighted by Crippen LogP contribution is -2.32. The Morgan fingerprint density at radius 1 is 1.29 bits per heavy atom. The van der Waals surface area contributed by atoms with Crippen molar-refractivity contribution in [3.05, 3.63) is 41.5 Å². The van der Waals surface area contributed by atoms with Crippen LogP contribution in [0.3, 0.4) is 0 Å². The molecule has 0 spiro atoms. The van der Waals surface area contributed by atoms with Crippen LogP contribution in [0.15, 0.2) is 24.5 Å². The zero-order valence-electron chi connectivity index (χ0n) is 14.2. The molecule has 0 aliphatic carbocycles. The summed E-state index contributed by atoms with van der Waals surface area (Å²) in [4.78, 5) is 25.2. The van der Waals surface area contributed by atoms with Gasteiger partial charge in [-0.05, 0) is 39.8 Å². The number of hydrogen-bond acceptors (Lipinski definition) is 5. The molecule has 7 nitrogen and oxygen atoms in total. The third-order valence-electron chi connectivity index (χ3n) is 3.76. The summed E-state index contributed by atoms with van der Waals surface area (Å²) in [5.74, 6) is 1.07. The Balaban J connectivity index is 2.02. The van der Waals surface area contributed by atoms with Crippen molar-refractivity contribution in [2.75, 3.05) is 0 Å². The summed E-state index contributed by atoms with van der Waals surface area (Å²) >= 11 is 0. The standard InChI is InChI=1S/C17H20N6O/c1-10(2)19-15(24)8-14-11(3)20-17-21-16(22-23(17)12(14)4)13-6-5-7-18-9-13/h5-7,9-10H,8H2,1-4H3,(H,19,24). The number of aromatic nitrogens is 5. The first kappa shape index (κ1) is 16.0. The zero-order valence-corrected chi connectivity index (χ0v) is 14.2. The highest BCUT2D eigenvalue weighted by Gasteiger charge is 2.17. The summed E-state index contributed by atoms with van der Waals surface area (Å²) in [5, 5.41) is 7.43. The second kappa shape index (κ2) is 6.35. The van der Waals surface area contributed by atoms with Crippen LogP contribution in [0.25, 0.3) is 17.2 Å². The Morgan fingerprint density at radius 3 is 2.75 bits per heavy atom. The molecule has 0 bridgehead atoms. The van der Waals surface area contributed by atoms with Gasteiger partial charge in [-0.15, -0.1) is 5.10 Å². The maximum Gasteiger partial charge on any atom is 0.253 e. The third-order valence-corrected chi connectivity index (χ3v) is 3.76. The first-order chi connectivity index (χ1) is 11.5. The van der Waals surface area contributed by atoms with Crippen LogP contribution in [0.4, 0.5) is 0 Å². The minimum absolute atomic E-state index is 0.0232. The fourth-order valence-corrected chi connectivity index (χ4v) is 2.62. The van der Waals surface area contributed by atoms with E-state index in [1.807, 2.05) is 39.8 Å². The molecule has 0 aliphatic heterocycles. The molecule has 3 rings (SSSR count). The molecule has 0 radical (unpaired) electrons. The predicted molar refractivity (Wildman–Crippen MR) is 90.5 cm³/mol. The second-order valence-electron chi connectivity index (χ2n) is 6.05. The maximum absolute atomic E-state index is 12.1. The van der Waals surface area contributed by atoms with E-state index in [1.54, 1.807) is 16.9 Å². The van der Waals surface area contributed by atoms with Gasteiger partial charge in [0.2, 0.25) is 5.91 Å². The molecule has 0 saturated heterocycles. The van der Waals surface area contributed by atoms with Crippen LogP contribution in [0.2, 0.25) is 0 Å². The van der Waals surface area contributed by atoms with Gasteiger partial charge in [-0.1, -0.05) is 0 Å². The summed E-state index contributed by atoms with van der Waals surface area (Å²) < 4.78 is 1.69. The van der Waals surface area contributed by atoms with Gasteiger partial charge in [0, 0.05) is 41.0 Å². The number of pyridine rings is 1. The molecule has 0 saturated carbocycles. The van der Waals surface area contributed by atoms with Crippen molar-refractivity contribution in [1.29, 1.82) is 0 Å². The molecule has 0 atom stereocenters. The van der Waals surface area contributed by atoms with Crippen molar-refractivity contribution < 1.29 is 4.79 Å². The van der Waals surface area contributed by atoms with Crippen LogP contribution < -0.4 is 5.32 Å². The van der Waals surface area contributed by atoms with Gasteiger partial charge in [0.05, 0.1) is 6.42 Å². The highest BCUT2D eigenvalue weighted by molar-refractivity contribution is 5.79. The van der Waals surface area contributed by atoms with E-state index in [-0.39, 0.29) is 18.4 Å². The highest BCUT2D eigenvalue weighted by atomic mass is 16.1. The van der Waals surface area contributed by atoms with E-state index in [0.717, 1.165) is 22.5 Å². The molecule has 0 aliphatic rings. The van der Waals surface area contributed by atoms with Crippen molar-refractivity contribution in [1.82, 2.24) is 29.9 Å². The van der Waals surface area contributed by atoms with Crippen LogP contribution in [0, 0.1) is 13.8 Å². The highest BCUT2D eigenvalue weighted by Crippen LogP contribution is 2.18. The van der Waals surface area contributed by atoms with Crippen LogP contribution in [0.5, 0.6) is 0 Å². The summed E-state index contributed by atoms with van der Waals surface area (Å²) in [6, 6.07) is 3.85. The van der Waals surface area contributed by atoms with Gasteiger partial charge in [0.15, 0.2) is 5.82 Å². The Morgan fingerprint density at radius 2 is 2.08 bits per heavy atom. The van der Waals surface area contributed by atoms with Gasteiger partial charge >= 0.3 is 0 Å². The minimum atomic E-state index is -0.0232. The molecule has 3 heterocycles. The zero-order chi connectivity index (χ0) is 17.3. The molecule has 1 N–H and O–H groups in total. The van der Waals surface area contributed by atoms with E-state index in [2.05, 4.69) is 25.4 Å². The number of carbonyl (C=O) groups is 1. The fraction of sp³-hybridized carbons (Fsp3) is 0.353. The summed E-state index contributed by atoms with van der Waals surface area (Å²) in [7, 11) is 0. The number of rotatable bonds is 4. The van der Waals surface area contributed by atoms with E-state index < -0.39 is 0 Å². The summed E-state index contributed by atoms with van der Waals surface area (Å²) in [6.45, 7) is 7.71. The monoisotopic (exact) mass is 324 g/mol. The molecule has 0 fully saturated rings. The van der Waals surface area contributed by atoms with Crippen molar-refractivity contribution >= 4 is 11.7 Å². The largest absolute Gasteiger partial charge is 0.354 e. The molecular weight excluding hydrogens is 304 g/mol. The Hall–Kier alpha value is -2.83. The van der Waals surface area contributed by atoms with Gasteiger partial charge in [-0.3, -0.25) is 9.78 Å². The van der Waals surface area contributed by atoms with E-state index >= 15 is 0 Å². The molecule has 24 heavy (non-hydrogen) atoms. The van der Waals surface area contributed by atoms with Crippen LogP contribution in [0.1, 0.15) is 30.8 Å². The first-order valence-corrected chi connectivity index (χ1v) is 7.88. The van der Waals surface area contributed by atoms with Crippen molar-refractivity contribution in [3.8, 4) is 11.4 Å². The van der Waals surface area contributed by atoms with Crippen LogP contribution in [-0.2, 0) is 11.2 Å². The number of nitrogens with one attached hydrogen (secondary N) is 1. The number of hydrogen-bond donors (Lipinski definition) is 1. The van der Waals surface area contributed by atoms with Crippen LogP contribution in [-0.4, -0.2) is 36.5 Å². The van der Waals surface area contributed by atoms with E-state index in [0.29, 0.717) is 11.6 Å². The van der Waals surface area contributed by atoms with Gasteiger partial charge in [-0.2, -0.15) is 4.98 Å². The normalized spacial score (nSPS) is 11.2. The molecule has 3 aromatic rings. The number of carbonyl (C=O) groups excluding carboxylic acids is 1. The second-order valence-corrected chi connectivity index (χ2v) is 6.05.